The maximum Gasteiger partial charge on any atom is 0.231 e. The largest absolute Gasteiger partial charge is 0.326 e. The van der Waals surface area contributed by atoms with E-state index in [1.807, 2.05) is 43.7 Å². The Hall–Kier alpha value is -3.58. The first-order chi connectivity index (χ1) is 15.6. The molecule has 0 radical (unpaired) electrons. The van der Waals surface area contributed by atoms with Gasteiger partial charge in [-0.15, -0.1) is 0 Å². The van der Waals surface area contributed by atoms with Gasteiger partial charge in [0.1, 0.15) is 12.0 Å². The van der Waals surface area contributed by atoms with Crippen LogP contribution in [0.15, 0.2) is 61.4 Å². The number of pyridine rings is 1. The van der Waals surface area contributed by atoms with E-state index >= 15 is 0 Å². The van der Waals surface area contributed by atoms with Crippen LogP contribution in [-0.4, -0.2) is 38.3 Å². The van der Waals surface area contributed by atoms with Gasteiger partial charge in [-0.2, -0.15) is 0 Å². The van der Waals surface area contributed by atoms with E-state index in [0.29, 0.717) is 32.9 Å². The van der Waals surface area contributed by atoms with Crippen LogP contribution in [0.25, 0.3) is 11.0 Å². The predicted octanol–water partition coefficient (Wildman–Crippen LogP) is 4.67. The highest BCUT2D eigenvalue weighted by Crippen LogP contribution is 2.28. The van der Waals surface area contributed by atoms with Crippen LogP contribution in [0.5, 0.6) is 0 Å². The molecule has 0 bridgehead atoms. The van der Waals surface area contributed by atoms with Crippen LogP contribution in [-0.2, 0) is 16.8 Å². The number of carbonyl (C=O) groups excluding carboxylic acids is 2. The Morgan fingerprint density at radius 3 is 2.48 bits per heavy atom. The number of carbonyl (C=O) groups is 2. The third-order valence-electron chi connectivity index (χ3n) is 5.45. The quantitative estimate of drug-likeness (QED) is 0.403. The normalized spacial score (nSPS) is 11.5. The third-order valence-corrected chi connectivity index (χ3v) is 5.70. The number of benzene rings is 1. The van der Waals surface area contributed by atoms with Gasteiger partial charge in [0, 0.05) is 47.1 Å². The number of rotatable bonds is 5. The Labute approximate surface area is 197 Å². The Morgan fingerprint density at radius 2 is 1.79 bits per heavy atom. The first kappa shape index (κ1) is 22.6. The fourth-order valence-electron chi connectivity index (χ4n) is 3.59. The number of likely N-dealkylation sites (N-methyl/N-ethyl adjacent to an activating group) is 1. The van der Waals surface area contributed by atoms with E-state index in [1.54, 1.807) is 37.6 Å². The number of ketones is 1. The average molecular weight is 462 g/mol. The molecule has 8 heteroatoms. The second kappa shape index (κ2) is 8.75. The molecule has 0 fully saturated rings. The van der Waals surface area contributed by atoms with Crippen molar-refractivity contribution in [3.8, 4) is 0 Å². The van der Waals surface area contributed by atoms with E-state index in [0.717, 1.165) is 5.56 Å². The SMILES string of the molecule is CN(C(=O)Cc1ccc(Cl)cc1)c1cncc(C(=O)c2cn(C(C)(C)C)c3ncncc23)c1. The van der Waals surface area contributed by atoms with Crippen LogP contribution in [0.2, 0.25) is 5.02 Å². The van der Waals surface area contributed by atoms with Crippen LogP contribution in [0.1, 0.15) is 42.3 Å². The molecule has 0 aliphatic carbocycles. The maximum atomic E-state index is 13.4. The van der Waals surface area contributed by atoms with Gasteiger partial charge in [-0.25, -0.2) is 9.97 Å². The van der Waals surface area contributed by atoms with Gasteiger partial charge in [-0.3, -0.25) is 14.6 Å². The van der Waals surface area contributed by atoms with Crippen LogP contribution < -0.4 is 4.90 Å². The summed E-state index contributed by atoms with van der Waals surface area (Å²) in [5, 5.41) is 1.29. The molecule has 1 amide bonds. The summed E-state index contributed by atoms with van der Waals surface area (Å²) in [6.45, 7) is 6.14. The summed E-state index contributed by atoms with van der Waals surface area (Å²) in [5.74, 6) is -0.327. The Balaban J connectivity index is 1.63. The second-order valence-corrected chi connectivity index (χ2v) is 9.30. The summed E-state index contributed by atoms with van der Waals surface area (Å²) in [4.78, 5) is 40.4. The van der Waals surface area contributed by atoms with Gasteiger partial charge >= 0.3 is 0 Å². The number of nitrogens with zero attached hydrogens (tertiary/aromatic N) is 5. The van der Waals surface area contributed by atoms with Crippen LogP contribution in [0, 0.1) is 0 Å². The summed E-state index contributed by atoms with van der Waals surface area (Å²) in [6.07, 6.45) is 8.22. The number of amides is 1. The molecule has 4 rings (SSSR count). The number of fused-ring (bicyclic) bond motifs is 1. The van der Waals surface area contributed by atoms with Crippen molar-refractivity contribution in [1.82, 2.24) is 19.5 Å². The zero-order valence-electron chi connectivity index (χ0n) is 18.9. The second-order valence-electron chi connectivity index (χ2n) is 8.86. The van der Waals surface area contributed by atoms with E-state index in [4.69, 9.17) is 11.6 Å². The highest BCUT2D eigenvalue weighted by molar-refractivity contribution is 6.30. The molecule has 4 aromatic rings. The van der Waals surface area contributed by atoms with Crippen molar-refractivity contribution in [2.75, 3.05) is 11.9 Å². The topological polar surface area (TPSA) is 81.0 Å². The van der Waals surface area contributed by atoms with Crippen molar-refractivity contribution in [3.63, 3.8) is 0 Å². The lowest BCUT2D eigenvalue weighted by molar-refractivity contribution is -0.117. The van der Waals surface area contributed by atoms with E-state index in [9.17, 15) is 9.59 Å². The summed E-state index contributed by atoms with van der Waals surface area (Å²) >= 11 is 5.92. The molecule has 0 unspecified atom stereocenters. The van der Waals surface area contributed by atoms with Crippen molar-refractivity contribution >= 4 is 40.0 Å². The van der Waals surface area contributed by atoms with E-state index in [-0.39, 0.29) is 23.7 Å². The molecule has 0 saturated heterocycles. The van der Waals surface area contributed by atoms with Crippen molar-refractivity contribution in [2.24, 2.45) is 0 Å². The minimum atomic E-state index is -0.264. The first-order valence-electron chi connectivity index (χ1n) is 10.5. The van der Waals surface area contributed by atoms with Gasteiger partial charge in [-0.1, -0.05) is 23.7 Å². The van der Waals surface area contributed by atoms with Crippen molar-refractivity contribution in [3.05, 3.63) is 83.2 Å². The molecular formula is C25H24ClN5O2. The number of aromatic nitrogens is 4. The zero-order chi connectivity index (χ0) is 23.8. The van der Waals surface area contributed by atoms with Crippen molar-refractivity contribution < 1.29 is 9.59 Å². The fraction of sp³-hybridized carbons (Fsp3) is 0.240. The maximum absolute atomic E-state index is 13.4. The zero-order valence-corrected chi connectivity index (χ0v) is 19.7. The van der Waals surface area contributed by atoms with E-state index in [1.165, 1.54) is 17.4 Å². The lowest BCUT2D eigenvalue weighted by atomic mass is 10.1. The predicted molar refractivity (Wildman–Crippen MR) is 129 cm³/mol. The smallest absolute Gasteiger partial charge is 0.231 e. The minimum Gasteiger partial charge on any atom is -0.326 e. The molecule has 7 nitrogen and oxygen atoms in total. The highest BCUT2D eigenvalue weighted by atomic mass is 35.5. The van der Waals surface area contributed by atoms with Gasteiger partial charge in [0.05, 0.1) is 23.9 Å². The van der Waals surface area contributed by atoms with Crippen LogP contribution >= 0.6 is 11.6 Å². The van der Waals surface area contributed by atoms with E-state index in [2.05, 4.69) is 15.0 Å². The van der Waals surface area contributed by atoms with Gasteiger partial charge < -0.3 is 9.47 Å². The summed E-state index contributed by atoms with van der Waals surface area (Å²) < 4.78 is 1.97. The molecule has 3 heterocycles. The standard InChI is InChI=1S/C25H24ClN5O2/c1-25(2,3)31-14-21(20-13-28-15-29-24(20)31)23(33)17-10-19(12-27-11-17)30(4)22(32)9-16-5-7-18(26)8-6-16/h5-8,10-15H,9H2,1-4H3. The average Bonchev–Trinajstić information content (AvgIpc) is 3.20. The Kier molecular flexibility index (Phi) is 5.99. The van der Waals surface area contributed by atoms with Gasteiger partial charge in [0.25, 0.3) is 0 Å². The molecule has 33 heavy (non-hydrogen) atoms. The monoisotopic (exact) mass is 461 g/mol. The molecule has 0 atom stereocenters. The van der Waals surface area contributed by atoms with Crippen LogP contribution in [0.4, 0.5) is 5.69 Å². The summed E-state index contributed by atoms with van der Waals surface area (Å²) in [5.41, 5.74) is 2.70. The van der Waals surface area contributed by atoms with Crippen molar-refractivity contribution in [1.29, 1.82) is 0 Å². The van der Waals surface area contributed by atoms with Gasteiger partial charge in [0.15, 0.2) is 5.78 Å². The minimum absolute atomic E-state index is 0.124. The lowest BCUT2D eigenvalue weighted by Crippen LogP contribution is -2.28. The molecule has 1 aromatic carbocycles. The molecule has 0 saturated carbocycles. The van der Waals surface area contributed by atoms with Gasteiger partial charge in [-0.05, 0) is 44.5 Å². The summed E-state index contributed by atoms with van der Waals surface area (Å²) in [7, 11) is 1.67. The fourth-order valence-corrected chi connectivity index (χ4v) is 3.71. The number of anilines is 1. The number of halogens is 1. The molecule has 168 valence electrons. The summed E-state index contributed by atoms with van der Waals surface area (Å²) in [6, 6.07) is 8.82. The number of hydrogen-bond acceptors (Lipinski definition) is 5. The van der Waals surface area contributed by atoms with Gasteiger partial charge in [0.2, 0.25) is 5.91 Å². The Morgan fingerprint density at radius 1 is 1.06 bits per heavy atom. The van der Waals surface area contributed by atoms with E-state index < -0.39 is 0 Å². The molecule has 0 spiro atoms. The first-order valence-corrected chi connectivity index (χ1v) is 10.9. The highest BCUT2D eigenvalue weighted by Gasteiger charge is 2.24. The Bertz CT molecular complexity index is 1340. The third kappa shape index (κ3) is 4.64. The molecule has 0 aliphatic rings. The van der Waals surface area contributed by atoms with Crippen molar-refractivity contribution in [2.45, 2.75) is 32.7 Å². The molecular weight excluding hydrogens is 438 g/mol. The van der Waals surface area contributed by atoms with Crippen LogP contribution in [0.3, 0.4) is 0 Å². The molecule has 0 N–H and O–H groups in total. The lowest BCUT2D eigenvalue weighted by Gasteiger charge is -2.21. The molecule has 3 aromatic heterocycles. The number of hydrogen-bond donors (Lipinski definition) is 0. The molecule has 0 aliphatic heterocycles.